The molecule has 1 aliphatic rings. The Balaban J connectivity index is 1.85. The van der Waals surface area contributed by atoms with E-state index in [1.165, 1.54) is 29.6 Å². The molecule has 29 heavy (non-hydrogen) atoms. The minimum absolute atomic E-state index is 0.0702. The highest BCUT2D eigenvalue weighted by Crippen LogP contribution is 2.29. The largest absolute Gasteiger partial charge is 0.495 e. The van der Waals surface area contributed by atoms with Crippen molar-refractivity contribution in [3.8, 4) is 5.75 Å². The summed E-state index contributed by atoms with van der Waals surface area (Å²) >= 11 is 12.2. The van der Waals surface area contributed by atoms with Crippen molar-refractivity contribution in [3.63, 3.8) is 0 Å². The van der Waals surface area contributed by atoms with E-state index in [9.17, 15) is 13.2 Å². The number of morpholine rings is 1. The molecule has 1 aliphatic heterocycles. The molecule has 0 N–H and O–H groups in total. The van der Waals surface area contributed by atoms with E-state index in [0.29, 0.717) is 28.8 Å². The van der Waals surface area contributed by atoms with E-state index in [-0.39, 0.29) is 35.9 Å². The van der Waals surface area contributed by atoms with Crippen molar-refractivity contribution in [2.75, 3.05) is 33.4 Å². The average molecular weight is 460 g/mol. The Morgan fingerprint density at radius 2 is 1.79 bits per heavy atom. The number of methoxy groups -OCH3 is 1. The number of esters is 1. The van der Waals surface area contributed by atoms with Gasteiger partial charge in [0.2, 0.25) is 10.0 Å². The smallest absolute Gasteiger partial charge is 0.338 e. The molecule has 0 spiro atoms. The molecule has 2 aromatic rings. The number of sulfonamides is 1. The Kier molecular flexibility index (Phi) is 7.02. The van der Waals surface area contributed by atoms with Crippen molar-refractivity contribution in [2.24, 2.45) is 0 Å². The molecule has 2 aromatic carbocycles. The molecule has 1 fully saturated rings. The highest BCUT2D eigenvalue weighted by Gasteiger charge is 2.30. The maximum atomic E-state index is 13.0. The van der Waals surface area contributed by atoms with Crippen LogP contribution < -0.4 is 4.74 Å². The second-order valence-electron chi connectivity index (χ2n) is 6.16. The van der Waals surface area contributed by atoms with Crippen LogP contribution in [0.3, 0.4) is 0 Å². The van der Waals surface area contributed by atoms with Crippen LogP contribution >= 0.6 is 23.2 Å². The summed E-state index contributed by atoms with van der Waals surface area (Å²) in [5, 5.41) is 0.742. The molecular weight excluding hydrogens is 441 g/mol. The summed E-state index contributed by atoms with van der Waals surface area (Å²) < 4.78 is 43.0. The Morgan fingerprint density at radius 3 is 2.41 bits per heavy atom. The maximum Gasteiger partial charge on any atom is 0.338 e. The van der Waals surface area contributed by atoms with Gasteiger partial charge in [0.15, 0.2) is 0 Å². The molecule has 0 aliphatic carbocycles. The Labute approximate surface area is 179 Å². The van der Waals surface area contributed by atoms with Gasteiger partial charge < -0.3 is 14.2 Å². The second-order valence-corrected chi connectivity index (χ2v) is 8.88. The van der Waals surface area contributed by atoms with Crippen LogP contribution in [0.15, 0.2) is 41.3 Å². The van der Waals surface area contributed by atoms with E-state index in [0.717, 1.165) is 0 Å². The Hall–Kier alpha value is -1.84. The third-order valence-electron chi connectivity index (χ3n) is 4.40. The highest BCUT2D eigenvalue weighted by molar-refractivity contribution is 7.89. The quantitative estimate of drug-likeness (QED) is 0.615. The number of ether oxygens (including phenoxy) is 3. The zero-order valence-electron chi connectivity index (χ0n) is 15.6. The summed E-state index contributed by atoms with van der Waals surface area (Å²) in [5.41, 5.74) is 0.541. The first kappa shape index (κ1) is 21.9. The Bertz CT molecular complexity index is 986. The fourth-order valence-electron chi connectivity index (χ4n) is 2.82. The van der Waals surface area contributed by atoms with E-state index in [2.05, 4.69) is 0 Å². The van der Waals surface area contributed by atoms with Crippen molar-refractivity contribution >= 4 is 39.2 Å². The number of carbonyl (C=O) groups is 1. The first-order valence-corrected chi connectivity index (χ1v) is 10.9. The van der Waals surface area contributed by atoms with Crippen LogP contribution in [0.25, 0.3) is 0 Å². The lowest BCUT2D eigenvalue weighted by Gasteiger charge is -2.26. The minimum Gasteiger partial charge on any atom is -0.495 e. The fraction of sp³-hybridized carbons (Fsp3) is 0.316. The van der Waals surface area contributed by atoms with Crippen LogP contribution in [0.2, 0.25) is 10.0 Å². The number of hydrogen-bond acceptors (Lipinski definition) is 6. The molecule has 1 saturated heterocycles. The van der Waals surface area contributed by atoms with Gasteiger partial charge in [0, 0.05) is 28.7 Å². The normalized spacial score (nSPS) is 15.1. The van der Waals surface area contributed by atoms with Gasteiger partial charge in [-0.05, 0) is 30.3 Å². The first-order chi connectivity index (χ1) is 13.8. The summed E-state index contributed by atoms with van der Waals surface area (Å²) in [7, 11) is -2.50. The number of benzene rings is 2. The lowest BCUT2D eigenvalue weighted by Crippen LogP contribution is -2.40. The van der Waals surface area contributed by atoms with Crippen LogP contribution in [-0.2, 0) is 26.1 Å². The fourth-order valence-corrected chi connectivity index (χ4v) is 4.92. The molecule has 156 valence electrons. The first-order valence-electron chi connectivity index (χ1n) is 8.70. The van der Waals surface area contributed by atoms with Gasteiger partial charge in [0.25, 0.3) is 0 Å². The van der Waals surface area contributed by atoms with Gasteiger partial charge in [-0.25, -0.2) is 13.2 Å². The van der Waals surface area contributed by atoms with E-state index in [4.69, 9.17) is 37.4 Å². The van der Waals surface area contributed by atoms with E-state index < -0.39 is 16.0 Å². The molecule has 0 radical (unpaired) electrons. The zero-order valence-corrected chi connectivity index (χ0v) is 17.9. The molecule has 0 amide bonds. The lowest BCUT2D eigenvalue weighted by molar-refractivity contribution is 0.0472. The van der Waals surface area contributed by atoms with Crippen molar-refractivity contribution in [2.45, 2.75) is 11.5 Å². The third kappa shape index (κ3) is 4.84. The summed E-state index contributed by atoms with van der Waals surface area (Å²) in [5.74, 6) is -0.566. The molecule has 0 atom stereocenters. The number of hydrogen-bond donors (Lipinski definition) is 0. The van der Waals surface area contributed by atoms with E-state index in [1.54, 1.807) is 18.2 Å². The van der Waals surface area contributed by atoms with E-state index in [1.807, 2.05) is 0 Å². The summed E-state index contributed by atoms with van der Waals surface area (Å²) in [6, 6.07) is 9.07. The average Bonchev–Trinajstić information content (AvgIpc) is 2.73. The van der Waals surface area contributed by atoms with Gasteiger partial charge in [-0.15, -0.1) is 0 Å². The number of halogens is 2. The summed E-state index contributed by atoms with van der Waals surface area (Å²) in [4.78, 5) is 12.4. The highest BCUT2D eigenvalue weighted by atomic mass is 35.5. The summed E-state index contributed by atoms with van der Waals surface area (Å²) in [6.07, 6.45) is 0. The number of nitrogens with zero attached hydrogens (tertiary/aromatic N) is 1. The second kappa shape index (κ2) is 9.32. The van der Waals surface area contributed by atoms with Crippen LogP contribution in [0.1, 0.15) is 15.9 Å². The molecule has 7 nitrogen and oxygen atoms in total. The standard InChI is InChI=1S/C19H19Cl2NO6S/c1-26-17-6-5-13(11-18(17)29(24,25)22-7-9-27-10-8-22)19(23)28-12-14-15(20)3-2-4-16(14)21/h2-6,11H,7-10,12H2,1H3. The molecule has 0 unspecified atom stereocenters. The molecule has 0 aromatic heterocycles. The minimum atomic E-state index is -3.86. The third-order valence-corrected chi connectivity index (χ3v) is 7.02. The van der Waals surface area contributed by atoms with Crippen molar-refractivity contribution in [3.05, 3.63) is 57.6 Å². The van der Waals surface area contributed by atoms with E-state index >= 15 is 0 Å². The maximum absolute atomic E-state index is 13.0. The topological polar surface area (TPSA) is 82.1 Å². The predicted octanol–water partition coefficient (Wildman–Crippen LogP) is 3.38. The number of carbonyl (C=O) groups excluding carboxylic acids is 1. The molecule has 1 heterocycles. The van der Waals surface area contributed by atoms with Crippen molar-refractivity contribution in [1.29, 1.82) is 0 Å². The molecule has 10 heteroatoms. The molecule has 0 bridgehead atoms. The predicted molar refractivity (Wildman–Crippen MR) is 108 cm³/mol. The molecular formula is C19H19Cl2NO6S. The van der Waals surface area contributed by atoms with Crippen LogP contribution in [0, 0.1) is 0 Å². The monoisotopic (exact) mass is 459 g/mol. The van der Waals surface area contributed by atoms with Crippen LogP contribution in [0.5, 0.6) is 5.75 Å². The van der Waals surface area contributed by atoms with Crippen molar-refractivity contribution < 1.29 is 27.4 Å². The van der Waals surface area contributed by atoms with Crippen molar-refractivity contribution in [1.82, 2.24) is 4.31 Å². The van der Waals surface area contributed by atoms with Gasteiger partial charge in [-0.2, -0.15) is 4.31 Å². The zero-order chi connectivity index (χ0) is 21.0. The van der Waals surface area contributed by atoms with Gasteiger partial charge >= 0.3 is 5.97 Å². The molecule has 0 saturated carbocycles. The van der Waals surface area contributed by atoms with Gasteiger partial charge in [0.1, 0.15) is 17.3 Å². The van der Waals surface area contributed by atoms with Crippen LogP contribution in [0.4, 0.5) is 0 Å². The summed E-state index contributed by atoms with van der Waals surface area (Å²) in [6.45, 7) is 0.926. The number of rotatable bonds is 6. The van der Waals surface area contributed by atoms with Gasteiger partial charge in [0.05, 0.1) is 25.9 Å². The van der Waals surface area contributed by atoms with Gasteiger partial charge in [-0.1, -0.05) is 29.3 Å². The lowest BCUT2D eigenvalue weighted by atomic mass is 10.2. The molecule has 3 rings (SSSR count). The SMILES string of the molecule is COc1ccc(C(=O)OCc2c(Cl)cccc2Cl)cc1S(=O)(=O)N1CCOCC1. The van der Waals surface area contributed by atoms with Crippen LogP contribution in [-0.4, -0.2) is 52.1 Å². The Morgan fingerprint density at radius 1 is 1.14 bits per heavy atom. The van der Waals surface area contributed by atoms with Gasteiger partial charge in [-0.3, -0.25) is 0 Å².